The smallest absolute Gasteiger partial charge is 0.260 e. The molecule has 3 aromatic rings. The van der Waals surface area contributed by atoms with Crippen LogP contribution in [0.25, 0.3) is 21.6 Å². The summed E-state index contributed by atoms with van der Waals surface area (Å²) in [6.07, 6.45) is 0. The van der Waals surface area contributed by atoms with Gasteiger partial charge in [-0.1, -0.05) is 0 Å². The zero-order valence-corrected chi connectivity index (χ0v) is 13.2. The van der Waals surface area contributed by atoms with Crippen LogP contribution in [0.1, 0.15) is 16.0 Å². The molecule has 2 aromatic heterocycles. The summed E-state index contributed by atoms with van der Waals surface area (Å²) in [4.78, 5) is 21.8. The number of methoxy groups -OCH3 is 1. The Morgan fingerprint density at radius 2 is 2.00 bits per heavy atom. The van der Waals surface area contributed by atoms with Crippen molar-refractivity contribution in [2.24, 2.45) is 0 Å². The van der Waals surface area contributed by atoms with Crippen molar-refractivity contribution in [2.75, 3.05) is 7.11 Å². The molecule has 3 rings (SSSR count). The number of hydrogen-bond donors (Lipinski definition) is 1. The Morgan fingerprint density at radius 1 is 1.24 bits per heavy atom. The lowest BCUT2D eigenvalue weighted by molar-refractivity contribution is 0.414. The highest BCUT2D eigenvalue weighted by Gasteiger charge is 2.13. The van der Waals surface area contributed by atoms with Gasteiger partial charge in [0.15, 0.2) is 0 Å². The van der Waals surface area contributed by atoms with Gasteiger partial charge in [-0.25, -0.2) is 4.98 Å². The van der Waals surface area contributed by atoms with E-state index < -0.39 is 0 Å². The first-order valence-electron chi connectivity index (χ1n) is 6.66. The van der Waals surface area contributed by atoms with Gasteiger partial charge in [-0.2, -0.15) is 0 Å². The number of nitrogens with one attached hydrogen (secondary N) is 1. The van der Waals surface area contributed by atoms with Crippen molar-refractivity contribution in [1.82, 2.24) is 9.97 Å². The molecule has 1 N–H and O–H groups in total. The van der Waals surface area contributed by atoms with Crippen molar-refractivity contribution >= 4 is 21.6 Å². The molecule has 0 atom stereocenters. The van der Waals surface area contributed by atoms with Gasteiger partial charge in [0, 0.05) is 10.4 Å². The monoisotopic (exact) mass is 300 g/mol. The van der Waals surface area contributed by atoms with Crippen molar-refractivity contribution in [2.45, 2.75) is 20.8 Å². The molecular weight excluding hydrogens is 284 g/mol. The number of H-pyrrole nitrogens is 1. The van der Waals surface area contributed by atoms with Crippen molar-refractivity contribution in [1.29, 1.82) is 0 Å². The first-order valence-corrected chi connectivity index (χ1v) is 7.48. The predicted octanol–water partition coefficient (Wildman–Crippen LogP) is 3.59. The summed E-state index contributed by atoms with van der Waals surface area (Å²) in [5.74, 6) is 1.40. The summed E-state index contributed by atoms with van der Waals surface area (Å²) >= 11 is 1.56. The van der Waals surface area contributed by atoms with E-state index in [2.05, 4.69) is 9.97 Å². The third kappa shape index (κ3) is 2.23. The quantitative estimate of drug-likeness (QED) is 0.787. The lowest BCUT2D eigenvalue weighted by Gasteiger charge is -2.07. The number of benzene rings is 1. The molecule has 1 aromatic carbocycles. The van der Waals surface area contributed by atoms with Crippen LogP contribution in [0.4, 0.5) is 0 Å². The minimum absolute atomic E-state index is 0.0768. The summed E-state index contributed by atoms with van der Waals surface area (Å²) in [6, 6.07) is 5.73. The van der Waals surface area contributed by atoms with Gasteiger partial charge < -0.3 is 9.72 Å². The van der Waals surface area contributed by atoms with Crippen molar-refractivity contribution < 1.29 is 4.74 Å². The fourth-order valence-corrected chi connectivity index (χ4v) is 3.44. The summed E-state index contributed by atoms with van der Waals surface area (Å²) in [7, 11) is 1.64. The number of thiophene rings is 1. The lowest BCUT2D eigenvalue weighted by Crippen LogP contribution is -2.09. The molecule has 2 heterocycles. The molecule has 0 amide bonds. The highest BCUT2D eigenvalue weighted by molar-refractivity contribution is 7.18. The molecule has 0 radical (unpaired) electrons. The SMILES string of the molecule is COc1ccc(-c2nc3sc(C)c(C)c3c(=O)[nH]2)c(C)c1. The van der Waals surface area contributed by atoms with Crippen LogP contribution in [0.2, 0.25) is 0 Å². The zero-order valence-electron chi connectivity index (χ0n) is 12.4. The molecule has 5 heteroatoms. The van der Waals surface area contributed by atoms with Gasteiger partial charge in [0.05, 0.1) is 12.5 Å². The molecule has 21 heavy (non-hydrogen) atoms. The fourth-order valence-electron chi connectivity index (χ4n) is 2.41. The molecule has 0 aliphatic carbocycles. The third-order valence-electron chi connectivity index (χ3n) is 3.73. The van der Waals surface area contributed by atoms with E-state index in [1.165, 1.54) is 0 Å². The van der Waals surface area contributed by atoms with Crippen LogP contribution in [-0.2, 0) is 0 Å². The van der Waals surface area contributed by atoms with Crippen molar-refractivity contribution in [3.63, 3.8) is 0 Å². The molecule has 0 unspecified atom stereocenters. The van der Waals surface area contributed by atoms with Crippen LogP contribution < -0.4 is 10.3 Å². The maximum Gasteiger partial charge on any atom is 0.260 e. The van der Waals surface area contributed by atoms with Gasteiger partial charge in [-0.05, 0) is 50.1 Å². The Hall–Kier alpha value is -2.14. The standard InChI is InChI=1S/C16H16N2O2S/c1-8-7-11(20-4)5-6-12(8)14-17-15(19)13-9(2)10(3)21-16(13)18-14/h5-7H,1-4H3,(H,17,18,19). The lowest BCUT2D eigenvalue weighted by atomic mass is 10.1. The number of aromatic amines is 1. The molecule has 0 fully saturated rings. The third-order valence-corrected chi connectivity index (χ3v) is 4.83. The van der Waals surface area contributed by atoms with Gasteiger partial charge in [0.2, 0.25) is 0 Å². The van der Waals surface area contributed by atoms with Gasteiger partial charge >= 0.3 is 0 Å². The van der Waals surface area contributed by atoms with Gasteiger partial charge in [0.1, 0.15) is 16.4 Å². The van der Waals surface area contributed by atoms with E-state index in [9.17, 15) is 4.79 Å². The van der Waals surface area contributed by atoms with Crippen LogP contribution in [-0.4, -0.2) is 17.1 Å². The fraction of sp³-hybridized carbons (Fsp3) is 0.250. The maximum absolute atomic E-state index is 12.3. The minimum atomic E-state index is -0.0768. The maximum atomic E-state index is 12.3. The molecule has 4 nitrogen and oxygen atoms in total. The largest absolute Gasteiger partial charge is 0.497 e. The Balaban J connectivity index is 2.24. The molecule has 0 aliphatic heterocycles. The van der Waals surface area contributed by atoms with Gasteiger partial charge in [-0.3, -0.25) is 4.79 Å². The van der Waals surface area contributed by atoms with Crippen molar-refractivity contribution in [3.05, 3.63) is 44.6 Å². The number of aryl methyl sites for hydroxylation is 3. The van der Waals surface area contributed by atoms with E-state index in [1.54, 1.807) is 18.4 Å². The Morgan fingerprint density at radius 3 is 2.67 bits per heavy atom. The summed E-state index contributed by atoms with van der Waals surface area (Å²) in [5.41, 5.74) is 2.87. The predicted molar refractivity (Wildman–Crippen MR) is 86.4 cm³/mol. The second-order valence-electron chi connectivity index (χ2n) is 5.06. The molecule has 0 spiro atoms. The van der Waals surface area contributed by atoms with E-state index in [1.807, 2.05) is 39.0 Å². The number of aromatic nitrogens is 2. The topological polar surface area (TPSA) is 55.0 Å². The van der Waals surface area contributed by atoms with Crippen LogP contribution >= 0.6 is 11.3 Å². The van der Waals surface area contributed by atoms with E-state index >= 15 is 0 Å². The molecule has 108 valence electrons. The van der Waals surface area contributed by atoms with Crippen LogP contribution in [0.3, 0.4) is 0 Å². The van der Waals surface area contributed by atoms with Crippen LogP contribution in [0.5, 0.6) is 5.75 Å². The summed E-state index contributed by atoms with van der Waals surface area (Å²) in [6.45, 7) is 5.95. The Kier molecular flexibility index (Phi) is 3.29. The van der Waals surface area contributed by atoms with Crippen LogP contribution in [0.15, 0.2) is 23.0 Å². The highest BCUT2D eigenvalue weighted by atomic mass is 32.1. The van der Waals surface area contributed by atoms with E-state index in [0.717, 1.165) is 32.1 Å². The molecule has 0 aliphatic rings. The number of rotatable bonds is 2. The average molecular weight is 300 g/mol. The second-order valence-corrected chi connectivity index (χ2v) is 6.26. The summed E-state index contributed by atoms with van der Waals surface area (Å²) in [5, 5.41) is 0.701. The number of hydrogen-bond acceptors (Lipinski definition) is 4. The first kappa shape index (κ1) is 13.8. The van der Waals surface area contributed by atoms with Crippen molar-refractivity contribution in [3.8, 4) is 17.1 Å². The van der Waals surface area contributed by atoms with E-state index in [0.29, 0.717) is 11.2 Å². The zero-order chi connectivity index (χ0) is 15.1. The number of fused-ring (bicyclic) bond motifs is 1. The summed E-state index contributed by atoms with van der Waals surface area (Å²) < 4.78 is 5.21. The van der Waals surface area contributed by atoms with Gasteiger partial charge in [-0.15, -0.1) is 11.3 Å². The van der Waals surface area contributed by atoms with E-state index in [-0.39, 0.29) is 5.56 Å². The highest BCUT2D eigenvalue weighted by Crippen LogP contribution is 2.29. The van der Waals surface area contributed by atoms with E-state index in [4.69, 9.17) is 4.74 Å². The van der Waals surface area contributed by atoms with Gasteiger partial charge in [0.25, 0.3) is 5.56 Å². The second kappa shape index (κ2) is 5.00. The number of ether oxygens (including phenoxy) is 1. The molecule has 0 saturated carbocycles. The first-order chi connectivity index (χ1) is 10.0. The normalized spacial score (nSPS) is 11.0. The Labute approximate surface area is 126 Å². The Bertz CT molecular complexity index is 893. The van der Waals surface area contributed by atoms with Crippen LogP contribution in [0, 0.1) is 20.8 Å². The minimum Gasteiger partial charge on any atom is -0.497 e. The molecule has 0 bridgehead atoms. The average Bonchev–Trinajstić information content (AvgIpc) is 2.74. The number of nitrogens with zero attached hydrogens (tertiary/aromatic N) is 1. The molecule has 0 saturated heterocycles. The molecular formula is C16H16N2O2S.